The minimum atomic E-state index is -0.547. The lowest BCUT2D eigenvalue weighted by molar-refractivity contribution is -0.114. The average Bonchev–Trinajstić information content (AvgIpc) is 2.63. The van der Waals surface area contributed by atoms with E-state index in [4.69, 9.17) is 5.41 Å². The molecule has 1 aliphatic rings. The Labute approximate surface area is 165 Å². The largest absolute Gasteiger partial charge is 0.297 e. The van der Waals surface area contributed by atoms with Gasteiger partial charge in [0.25, 0.3) is 0 Å². The lowest BCUT2D eigenvalue weighted by atomic mass is 9.73. The molecule has 28 heavy (non-hydrogen) atoms. The molecule has 0 bridgehead atoms. The molecule has 0 saturated heterocycles. The van der Waals surface area contributed by atoms with Crippen molar-refractivity contribution in [3.63, 3.8) is 0 Å². The van der Waals surface area contributed by atoms with Gasteiger partial charge in [-0.05, 0) is 38.1 Å². The van der Waals surface area contributed by atoms with Crippen LogP contribution in [0, 0.1) is 24.7 Å². The standard InChI is InChI=1S/C22H25N5O/c1-14-5-9-16(10-6-14)24-26-20-18(28)13-22(3,4)21(19(20)23)27-25-17-11-7-15(2)8-12-17/h5-12,23-25H,13H2,1-4H3/b23-19?,26-20+,27-21+. The summed E-state index contributed by atoms with van der Waals surface area (Å²) in [6, 6.07) is 15.5. The molecule has 0 aliphatic heterocycles. The molecular weight excluding hydrogens is 350 g/mol. The highest BCUT2D eigenvalue weighted by Gasteiger charge is 2.41. The number of carbonyl (C=O) groups excluding carboxylic acids is 1. The number of rotatable bonds is 4. The highest BCUT2D eigenvalue weighted by atomic mass is 16.1. The molecule has 1 fully saturated rings. The van der Waals surface area contributed by atoms with E-state index in [1.165, 1.54) is 0 Å². The Morgan fingerprint density at radius 1 is 0.857 bits per heavy atom. The van der Waals surface area contributed by atoms with Crippen molar-refractivity contribution in [2.75, 3.05) is 10.9 Å². The fraction of sp³-hybridized carbons (Fsp3) is 0.273. The Morgan fingerprint density at radius 3 is 1.82 bits per heavy atom. The van der Waals surface area contributed by atoms with E-state index < -0.39 is 5.41 Å². The van der Waals surface area contributed by atoms with Crippen molar-refractivity contribution >= 4 is 34.3 Å². The zero-order valence-electron chi connectivity index (χ0n) is 16.6. The summed E-state index contributed by atoms with van der Waals surface area (Å²) in [5.74, 6) is -0.163. The third-order valence-electron chi connectivity index (χ3n) is 4.68. The predicted molar refractivity (Wildman–Crippen MR) is 116 cm³/mol. The fourth-order valence-corrected chi connectivity index (χ4v) is 2.98. The molecule has 1 saturated carbocycles. The van der Waals surface area contributed by atoms with E-state index in [9.17, 15) is 4.79 Å². The highest BCUT2D eigenvalue weighted by Crippen LogP contribution is 2.29. The first-order chi connectivity index (χ1) is 13.3. The van der Waals surface area contributed by atoms with Gasteiger partial charge in [-0.3, -0.25) is 21.1 Å². The first-order valence-corrected chi connectivity index (χ1v) is 9.20. The van der Waals surface area contributed by atoms with Gasteiger partial charge < -0.3 is 0 Å². The van der Waals surface area contributed by atoms with Gasteiger partial charge in [0.1, 0.15) is 5.71 Å². The fourth-order valence-electron chi connectivity index (χ4n) is 2.98. The second kappa shape index (κ2) is 7.76. The van der Waals surface area contributed by atoms with Crippen LogP contribution in [0.4, 0.5) is 11.4 Å². The second-order valence-corrected chi connectivity index (χ2v) is 7.74. The number of benzene rings is 2. The summed E-state index contributed by atoms with van der Waals surface area (Å²) in [7, 11) is 0. The summed E-state index contributed by atoms with van der Waals surface area (Å²) in [5, 5.41) is 17.2. The summed E-state index contributed by atoms with van der Waals surface area (Å²) < 4.78 is 0. The number of carbonyl (C=O) groups is 1. The van der Waals surface area contributed by atoms with Crippen molar-refractivity contribution < 1.29 is 4.79 Å². The Morgan fingerprint density at radius 2 is 1.32 bits per heavy atom. The van der Waals surface area contributed by atoms with Crippen LogP contribution in [0.25, 0.3) is 0 Å². The number of anilines is 2. The molecule has 0 radical (unpaired) electrons. The molecule has 144 valence electrons. The first kappa shape index (κ1) is 19.5. The van der Waals surface area contributed by atoms with Crippen molar-refractivity contribution in [1.29, 1.82) is 5.41 Å². The van der Waals surface area contributed by atoms with Crippen LogP contribution >= 0.6 is 0 Å². The molecule has 6 nitrogen and oxygen atoms in total. The summed E-state index contributed by atoms with van der Waals surface area (Å²) in [4.78, 5) is 12.6. The number of hydrogen-bond donors (Lipinski definition) is 3. The Balaban J connectivity index is 1.84. The van der Waals surface area contributed by atoms with E-state index in [1.54, 1.807) is 0 Å². The number of nitrogens with one attached hydrogen (secondary N) is 3. The van der Waals surface area contributed by atoms with Crippen LogP contribution in [-0.4, -0.2) is 22.9 Å². The Kier molecular flexibility index (Phi) is 5.40. The summed E-state index contributed by atoms with van der Waals surface area (Å²) in [6.45, 7) is 7.85. The molecule has 1 aliphatic carbocycles. The third-order valence-corrected chi connectivity index (χ3v) is 4.68. The Bertz CT molecular complexity index is 953. The number of hydrazone groups is 2. The van der Waals surface area contributed by atoms with Crippen molar-refractivity contribution in [3.05, 3.63) is 59.7 Å². The maximum Gasteiger partial charge on any atom is 0.186 e. The molecule has 2 aromatic rings. The van der Waals surface area contributed by atoms with Crippen LogP contribution in [0.1, 0.15) is 31.4 Å². The van der Waals surface area contributed by atoms with E-state index >= 15 is 0 Å². The minimum absolute atomic E-state index is 0.0421. The molecule has 0 amide bonds. The van der Waals surface area contributed by atoms with Crippen LogP contribution in [0.15, 0.2) is 58.7 Å². The van der Waals surface area contributed by atoms with Crippen LogP contribution in [0.3, 0.4) is 0 Å². The second-order valence-electron chi connectivity index (χ2n) is 7.74. The third kappa shape index (κ3) is 4.34. The van der Waals surface area contributed by atoms with Crippen molar-refractivity contribution in [2.45, 2.75) is 34.1 Å². The number of ketones is 1. The van der Waals surface area contributed by atoms with Crippen LogP contribution < -0.4 is 10.9 Å². The van der Waals surface area contributed by atoms with Crippen LogP contribution in [-0.2, 0) is 4.79 Å². The monoisotopic (exact) mass is 375 g/mol. The van der Waals surface area contributed by atoms with Crippen molar-refractivity contribution in [3.8, 4) is 0 Å². The highest BCUT2D eigenvalue weighted by molar-refractivity contribution is 6.83. The molecule has 0 heterocycles. The summed E-state index contributed by atoms with van der Waals surface area (Å²) in [6.07, 6.45) is 0.248. The number of nitrogens with zero attached hydrogens (tertiary/aromatic N) is 2. The van der Waals surface area contributed by atoms with E-state index in [0.717, 1.165) is 22.5 Å². The van der Waals surface area contributed by atoms with Crippen molar-refractivity contribution in [2.24, 2.45) is 15.6 Å². The minimum Gasteiger partial charge on any atom is -0.297 e. The summed E-state index contributed by atoms with van der Waals surface area (Å²) in [5.41, 5.74) is 9.88. The lowest BCUT2D eigenvalue weighted by Crippen LogP contribution is -2.47. The maximum absolute atomic E-state index is 12.6. The van der Waals surface area contributed by atoms with Gasteiger partial charge in [-0.2, -0.15) is 10.2 Å². The smallest absolute Gasteiger partial charge is 0.186 e. The molecule has 0 atom stereocenters. The van der Waals surface area contributed by atoms with Crippen LogP contribution in [0.5, 0.6) is 0 Å². The Hall–Kier alpha value is -3.28. The number of aryl methyl sites for hydroxylation is 2. The molecule has 0 aromatic heterocycles. The van der Waals surface area contributed by atoms with Gasteiger partial charge in [-0.15, -0.1) is 0 Å². The van der Waals surface area contributed by atoms with Gasteiger partial charge in [-0.1, -0.05) is 49.2 Å². The van der Waals surface area contributed by atoms with Crippen molar-refractivity contribution in [1.82, 2.24) is 0 Å². The molecule has 0 spiro atoms. The van der Waals surface area contributed by atoms with Crippen LogP contribution in [0.2, 0.25) is 0 Å². The van der Waals surface area contributed by atoms with Gasteiger partial charge >= 0.3 is 0 Å². The topological polar surface area (TPSA) is 89.7 Å². The quantitative estimate of drug-likeness (QED) is 0.684. The molecule has 2 aromatic carbocycles. The van der Waals surface area contributed by atoms with Gasteiger partial charge in [0.05, 0.1) is 17.1 Å². The number of Topliss-reactive ketones (excluding diaryl/α,β-unsaturated/α-hetero) is 1. The summed E-state index contributed by atoms with van der Waals surface area (Å²) >= 11 is 0. The normalized spacial score (nSPS) is 19.1. The molecule has 3 rings (SSSR count). The zero-order valence-corrected chi connectivity index (χ0v) is 16.6. The van der Waals surface area contributed by atoms with E-state index in [2.05, 4.69) is 21.1 Å². The average molecular weight is 375 g/mol. The van der Waals surface area contributed by atoms with Gasteiger partial charge in [0.2, 0.25) is 0 Å². The molecule has 6 heteroatoms. The molecule has 3 N–H and O–H groups in total. The van der Waals surface area contributed by atoms with Gasteiger partial charge in [-0.25, -0.2) is 0 Å². The zero-order chi connectivity index (χ0) is 20.3. The van der Waals surface area contributed by atoms with E-state index in [1.807, 2.05) is 76.2 Å². The van der Waals surface area contributed by atoms with Gasteiger partial charge in [0, 0.05) is 11.8 Å². The lowest BCUT2D eigenvalue weighted by Gasteiger charge is -2.31. The predicted octanol–water partition coefficient (Wildman–Crippen LogP) is 4.56. The van der Waals surface area contributed by atoms with E-state index in [-0.39, 0.29) is 23.6 Å². The van der Waals surface area contributed by atoms with E-state index in [0.29, 0.717) is 5.71 Å². The molecular formula is C22H25N5O. The number of hydrogen-bond acceptors (Lipinski definition) is 6. The SMILES string of the molecule is Cc1ccc(N/N=C2/C(=N)/C(=N\Nc3ccc(C)cc3)C(C)(C)CC2=O)cc1. The van der Waals surface area contributed by atoms with Gasteiger partial charge in [0.15, 0.2) is 11.5 Å². The first-order valence-electron chi connectivity index (χ1n) is 9.20. The molecule has 0 unspecified atom stereocenters. The maximum atomic E-state index is 12.6.